The van der Waals surface area contributed by atoms with E-state index in [1.54, 1.807) is 12.4 Å². The van der Waals surface area contributed by atoms with Crippen molar-refractivity contribution in [1.29, 1.82) is 0 Å². The molecule has 7 heteroatoms. The molecule has 1 amide bonds. The number of hydrogen-bond donors (Lipinski definition) is 2. The molecule has 4 rings (SSSR count). The van der Waals surface area contributed by atoms with E-state index in [1.807, 2.05) is 67.8 Å². The van der Waals surface area contributed by atoms with Crippen LogP contribution < -0.4 is 5.32 Å². The highest BCUT2D eigenvalue weighted by Crippen LogP contribution is 2.24. The van der Waals surface area contributed by atoms with Crippen LogP contribution in [0.5, 0.6) is 0 Å². The molecule has 0 radical (unpaired) electrons. The highest BCUT2D eigenvalue weighted by molar-refractivity contribution is 5.91. The average Bonchev–Trinajstić information content (AvgIpc) is 3.39. The molecule has 2 aromatic heterocycles. The lowest BCUT2D eigenvalue weighted by Gasteiger charge is -2.12. The monoisotopic (exact) mass is 428 g/mol. The average molecular weight is 428 g/mol. The SMILES string of the molecule is CC(C)(C)c1cc(NC(=O)Cc2ccc(-n3cnc4cc(C#CCO)ccc43)cc2)on1. The number of aliphatic hydroxyl groups excluding tert-OH is 1. The number of fused-ring (bicyclic) bond motifs is 1. The van der Waals surface area contributed by atoms with E-state index in [4.69, 9.17) is 9.63 Å². The summed E-state index contributed by atoms with van der Waals surface area (Å²) in [6, 6.07) is 15.2. The van der Waals surface area contributed by atoms with Gasteiger partial charge in [-0.2, -0.15) is 0 Å². The predicted octanol–water partition coefficient (Wildman–Crippen LogP) is 3.84. The van der Waals surface area contributed by atoms with Gasteiger partial charge in [-0.3, -0.25) is 14.7 Å². The molecular weight excluding hydrogens is 404 g/mol. The van der Waals surface area contributed by atoms with Crippen molar-refractivity contribution in [2.75, 3.05) is 11.9 Å². The minimum Gasteiger partial charge on any atom is -0.384 e. The first-order valence-corrected chi connectivity index (χ1v) is 10.3. The van der Waals surface area contributed by atoms with Gasteiger partial charge in [-0.15, -0.1) is 0 Å². The molecular formula is C25H24N4O3. The molecule has 0 spiro atoms. The van der Waals surface area contributed by atoms with Crippen LogP contribution in [0.25, 0.3) is 16.7 Å². The van der Waals surface area contributed by atoms with Crippen LogP contribution in [0.2, 0.25) is 0 Å². The smallest absolute Gasteiger partial charge is 0.231 e. The highest BCUT2D eigenvalue weighted by atomic mass is 16.5. The number of anilines is 1. The number of aliphatic hydroxyl groups is 1. The van der Waals surface area contributed by atoms with Gasteiger partial charge in [0.2, 0.25) is 11.8 Å². The molecule has 0 aliphatic carbocycles. The molecule has 4 aromatic rings. The number of rotatable bonds is 4. The van der Waals surface area contributed by atoms with Gasteiger partial charge in [0.05, 0.1) is 23.1 Å². The van der Waals surface area contributed by atoms with Crippen molar-refractivity contribution in [1.82, 2.24) is 14.7 Å². The normalized spacial score (nSPS) is 11.2. The van der Waals surface area contributed by atoms with Crippen LogP contribution in [0.3, 0.4) is 0 Å². The van der Waals surface area contributed by atoms with Crippen molar-refractivity contribution in [2.45, 2.75) is 32.6 Å². The number of nitrogens with one attached hydrogen (secondary N) is 1. The molecule has 0 fully saturated rings. The summed E-state index contributed by atoms with van der Waals surface area (Å²) in [4.78, 5) is 16.8. The van der Waals surface area contributed by atoms with Gasteiger partial charge in [-0.25, -0.2) is 4.98 Å². The summed E-state index contributed by atoms with van der Waals surface area (Å²) in [6.45, 7) is 5.93. The predicted molar refractivity (Wildman–Crippen MR) is 123 cm³/mol. The van der Waals surface area contributed by atoms with E-state index in [1.165, 1.54) is 0 Å². The van der Waals surface area contributed by atoms with Gasteiger partial charge < -0.3 is 9.63 Å². The fourth-order valence-electron chi connectivity index (χ4n) is 3.27. The van der Waals surface area contributed by atoms with Crippen molar-refractivity contribution < 1.29 is 14.4 Å². The molecule has 2 N–H and O–H groups in total. The molecule has 32 heavy (non-hydrogen) atoms. The van der Waals surface area contributed by atoms with Crippen molar-refractivity contribution in [2.24, 2.45) is 0 Å². The maximum Gasteiger partial charge on any atom is 0.231 e. The third-order valence-electron chi connectivity index (χ3n) is 4.98. The molecule has 7 nitrogen and oxygen atoms in total. The van der Waals surface area contributed by atoms with Crippen LogP contribution in [-0.2, 0) is 16.6 Å². The van der Waals surface area contributed by atoms with Crippen LogP contribution in [0.15, 0.2) is 59.4 Å². The number of carbonyl (C=O) groups is 1. The Labute approximate surface area is 186 Å². The van der Waals surface area contributed by atoms with Gasteiger partial charge in [0, 0.05) is 22.7 Å². The summed E-state index contributed by atoms with van der Waals surface area (Å²) in [6.07, 6.45) is 1.98. The summed E-state index contributed by atoms with van der Waals surface area (Å²) in [7, 11) is 0. The largest absolute Gasteiger partial charge is 0.384 e. The number of benzene rings is 2. The maximum absolute atomic E-state index is 12.4. The molecule has 0 aliphatic rings. The van der Waals surface area contributed by atoms with Crippen LogP contribution in [0, 0.1) is 11.8 Å². The first-order valence-electron chi connectivity index (χ1n) is 10.3. The van der Waals surface area contributed by atoms with E-state index >= 15 is 0 Å². The minimum absolute atomic E-state index is 0.145. The zero-order chi connectivity index (χ0) is 22.7. The Morgan fingerprint density at radius 1 is 1.16 bits per heavy atom. The number of aromatic nitrogens is 3. The standard InChI is InChI=1S/C25H24N4O3/c1-25(2,3)22-15-24(32-28-22)27-23(31)14-18-6-9-19(10-7-18)29-16-26-20-13-17(5-4-12-30)8-11-21(20)29/h6-11,13,15-16,30H,12,14H2,1-3H3,(H,27,31). The lowest BCUT2D eigenvalue weighted by Crippen LogP contribution is -2.14. The zero-order valence-electron chi connectivity index (χ0n) is 18.2. The summed E-state index contributed by atoms with van der Waals surface area (Å²) in [5, 5.41) is 15.6. The molecule has 0 unspecified atom stereocenters. The van der Waals surface area contributed by atoms with Gasteiger partial charge in [0.25, 0.3) is 0 Å². The van der Waals surface area contributed by atoms with Crippen molar-refractivity contribution >= 4 is 22.8 Å². The van der Waals surface area contributed by atoms with Gasteiger partial charge in [0.1, 0.15) is 12.9 Å². The summed E-state index contributed by atoms with van der Waals surface area (Å²) in [5.74, 6) is 5.71. The van der Waals surface area contributed by atoms with E-state index in [-0.39, 0.29) is 24.3 Å². The summed E-state index contributed by atoms with van der Waals surface area (Å²) in [5.41, 5.74) is 5.04. The van der Waals surface area contributed by atoms with E-state index in [2.05, 4.69) is 27.3 Å². The maximum atomic E-state index is 12.4. The van der Waals surface area contributed by atoms with Crippen LogP contribution in [0.1, 0.15) is 37.6 Å². The van der Waals surface area contributed by atoms with Crippen molar-refractivity contribution in [3.8, 4) is 17.5 Å². The van der Waals surface area contributed by atoms with Crippen LogP contribution in [0.4, 0.5) is 5.88 Å². The molecule has 0 saturated heterocycles. The Balaban J connectivity index is 1.45. The Bertz CT molecular complexity index is 1320. The molecule has 0 bridgehead atoms. The number of nitrogens with zero attached hydrogens (tertiary/aromatic N) is 3. The minimum atomic E-state index is -0.173. The van der Waals surface area contributed by atoms with Gasteiger partial charge in [-0.1, -0.05) is 49.9 Å². The fourth-order valence-corrected chi connectivity index (χ4v) is 3.27. The molecule has 0 aliphatic heterocycles. The third kappa shape index (κ3) is 4.71. The lowest BCUT2D eigenvalue weighted by atomic mass is 9.92. The van der Waals surface area contributed by atoms with E-state index in [0.29, 0.717) is 5.88 Å². The fraction of sp³-hybridized carbons (Fsp3) is 0.240. The third-order valence-corrected chi connectivity index (χ3v) is 4.98. The molecule has 162 valence electrons. The first kappa shape index (κ1) is 21.3. The summed E-state index contributed by atoms with van der Waals surface area (Å²) < 4.78 is 7.20. The molecule has 2 heterocycles. The molecule has 0 saturated carbocycles. The van der Waals surface area contributed by atoms with Crippen molar-refractivity contribution in [3.63, 3.8) is 0 Å². The lowest BCUT2D eigenvalue weighted by molar-refractivity contribution is -0.115. The summed E-state index contributed by atoms with van der Waals surface area (Å²) >= 11 is 0. The van der Waals surface area contributed by atoms with Crippen LogP contribution in [-0.4, -0.2) is 32.3 Å². The first-order chi connectivity index (χ1) is 15.3. The number of hydrogen-bond acceptors (Lipinski definition) is 5. The number of amides is 1. The van der Waals surface area contributed by atoms with Crippen molar-refractivity contribution in [3.05, 3.63) is 71.7 Å². The van der Waals surface area contributed by atoms with E-state index in [9.17, 15) is 4.79 Å². The zero-order valence-corrected chi connectivity index (χ0v) is 18.2. The second kappa shape index (κ2) is 8.69. The van der Waals surface area contributed by atoms with E-state index in [0.717, 1.165) is 33.5 Å². The Morgan fingerprint density at radius 3 is 2.62 bits per heavy atom. The molecule has 0 atom stereocenters. The van der Waals surface area contributed by atoms with E-state index < -0.39 is 0 Å². The van der Waals surface area contributed by atoms with Gasteiger partial charge >= 0.3 is 0 Å². The molecule has 2 aromatic carbocycles. The highest BCUT2D eigenvalue weighted by Gasteiger charge is 2.19. The topological polar surface area (TPSA) is 93.2 Å². The van der Waals surface area contributed by atoms with Gasteiger partial charge in [-0.05, 0) is 35.9 Å². The second-order valence-corrected chi connectivity index (χ2v) is 8.50. The number of carbonyl (C=O) groups excluding carboxylic acids is 1. The van der Waals surface area contributed by atoms with Gasteiger partial charge in [0.15, 0.2) is 0 Å². The quantitative estimate of drug-likeness (QED) is 0.482. The Hall–Kier alpha value is -3.89. The Morgan fingerprint density at radius 2 is 1.94 bits per heavy atom. The second-order valence-electron chi connectivity index (χ2n) is 8.50. The number of imidazole rings is 1. The Kier molecular flexibility index (Phi) is 5.80. The van der Waals surface area contributed by atoms with Crippen LogP contribution >= 0.6 is 0 Å².